The maximum absolute atomic E-state index is 5.41. The highest BCUT2D eigenvalue weighted by Crippen LogP contribution is 2.18. The fourth-order valence-corrected chi connectivity index (χ4v) is 1.35. The summed E-state index contributed by atoms with van der Waals surface area (Å²) in [6.07, 6.45) is 8.04. The Labute approximate surface area is 102 Å². The van der Waals surface area contributed by atoms with Gasteiger partial charge in [0.1, 0.15) is 5.69 Å². The van der Waals surface area contributed by atoms with E-state index in [9.17, 15) is 0 Å². The Bertz CT molecular complexity index is 624. The van der Waals surface area contributed by atoms with Gasteiger partial charge >= 0.3 is 6.01 Å². The third kappa shape index (κ3) is 2.14. The summed E-state index contributed by atoms with van der Waals surface area (Å²) >= 11 is 0. The molecule has 0 fully saturated rings. The zero-order chi connectivity index (χ0) is 12.2. The molecule has 0 amide bonds. The van der Waals surface area contributed by atoms with E-state index >= 15 is 0 Å². The first-order valence-corrected chi connectivity index (χ1v) is 5.19. The van der Waals surface area contributed by atoms with E-state index in [0.717, 1.165) is 5.69 Å². The molecule has 0 bridgehead atoms. The third-order valence-corrected chi connectivity index (χ3v) is 2.12. The second-order valence-corrected chi connectivity index (χ2v) is 3.37. The van der Waals surface area contributed by atoms with Gasteiger partial charge in [-0.3, -0.25) is 9.97 Å². The van der Waals surface area contributed by atoms with Crippen molar-refractivity contribution in [2.75, 3.05) is 5.32 Å². The Hall–Kier alpha value is -2.83. The maximum Gasteiger partial charge on any atom is 0.320 e. The van der Waals surface area contributed by atoms with E-state index in [-0.39, 0.29) is 6.01 Å². The fourth-order valence-electron chi connectivity index (χ4n) is 1.35. The average Bonchev–Trinajstić information content (AvgIpc) is 2.89. The molecule has 1 N–H and O–H groups in total. The van der Waals surface area contributed by atoms with Crippen LogP contribution in [0.2, 0.25) is 0 Å². The first-order chi connectivity index (χ1) is 8.92. The lowest BCUT2D eigenvalue weighted by molar-refractivity contribution is 0.584. The third-order valence-electron chi connectivity index (χ3n) is 2.12. The molecule has 0 aliphatic heterocycles. The van der Waals surface area contributed by atoms with Crippen molar-refractivity contribution in [3.8, 4) is 11.6 Å². The second-order valence-electron chi connectivity index (χ2n) is 3.37. The Morgan fingerprint density at radius 1 is 1.00 bits per heavy atom. The SMILES string of the molecule is c1cncc(Nc2nnc(-c3cnccn3)o2)c1. The van der Waals surface area contributed by atoms with Crippen molar-refractivity contribution in [1.82, 2.24) is 25.1 Å². The molecule has 0 aliphatic rings. The molecule has 7 nitrogen and oxygen atoms in total. The first-order valence-electron chi connectivity index (χ1n) is 5.19. The summed E-state index contributed by atoms with van der Waals surface area (Å²) in [6, 6.07) is 3.94. The molecule has 3 aromatic heterocycles. The summed E-state index contributed by atoms with van der Waals surface area (Å²) in [6.45, 7) is 0. The molecule has 3 rings (SSSR count). The Balaban J connectivity index is 1.82. The van der Waals surface area contributed by atoms with Gasteiger partial charge in [-0.25, -0.2) is 4.98 Å². The van der Waals surface area contributed by atoms with E-state index in [0.29, 0.717) is 11.6 Å². The first kappa shape index (κ1) is 10.3. The van der Waals surface area contributed by atoms with E-state index < -0.39 is 0 Å². The molecule has 0 aromatic carbocycles. The van der Waals surface area contributed by atoms with E-state index in [1.165, 1.54) is 0 Å². The van der Waals surface area contributed by atoms with Crippen LogP contribution in [0, 0.1) is 0 Å². The number of pyridine rings is 1. The number of hydrogen-bond donors (Lipinski definition) is 1. The van der Waals surface area contributed by atoms with Gasteiger partial charge < -0.3 is 9.73 Å². The minimum absolute atomic E-state index is 0.281. The summed E-state index contributed by atoms with van der Waals surface area (Å²) in [5.74, 6) is 0.314. The van der Waals surface area contributed by atoms with E-state index in [1.807, 2.05) is 12.1 Å². The van der Waals surface area contributed by atoms with Crippen LogP contribution in [0.3, 0.4) is 0 Å². The molecule has 18 heavy (non-hydrogen) atoms. The number of nitrogens with one attached hydrogen (secondary N) is 1. The topological polar surface area (TPSA) is 89.6 Å². The molecule has 0 atom stereocenters. The van der Waals surface area contributed by atoms with Crippen molar-refractivity contribution >= 4 is 11.7 Å². The van der Waals surface area contributed by atoms with Gasteiger partial charge in [-0.05, 0) is 12.1 Å². The van der Waals surface area contributed by atoms with Crippen molar-refractivity contribution < 1.29 is 4.42 Å². The lowest BCUT2D eigenvalue weighted by atomic mass is 10.4. The molecule has 0 radical (unpaired) electrons. The molecule has 3 aromatic rings. The van der Waals surface area contributed by atoms with Crippen LogP contribution in [-0.4, -0.2) is 25.1 Å². The quantitative estimate of drug-likeness (QED) is 0.744. The molecule has 7 heteroatoms. The summed E-state index contributed by atoms with van der Waals surface area (Å²) in [7, 11) is 0. The maximum atomic E-state index is 5.41. The van der Waals surface area contributed by atoms with E-state index in [4.69, 9.17) is 4.42 Å². The van der Waals surface area contributed by atoms with Gasteiger partial charge in [0, 0.05) is 18.6 Å². The second kappa shape index (κ2) is 4.58. The monoisotopic (exact) mass is 240 g/mol. The highest BCUT2D eigenvalue weighted by atomic mass is 16.4. The smallest absolute Gasteiger partial charge is 0.320 e. The number of anilines is 2. The molecule has 0 spiro atoms. The number of nitrogens with zero attached hydrogens (tertiary/aromatic N) is 5. The van der Waals surface area contributed by atoms with Crippen molar-refractivity contribution in [3.05, 3.63) is 43.1 Å². The van der Waals surface area contributed by atoms with Crippen molar-refractivity contribution in [2.45, 2.75) is 0 Å². The summed E-state index contributed by atoms with van der Waals surface area (Å²) < 4.78 is 5.41. The van der Waals surface area contributed by atoms with Crippen LogP contribution < -0.4 is 5.32 Å². The molecule has 88 valence electrons. The fraction of sp³-hybridized carbons (Fsp3) is 0. The lowest BCUT2D eigenvalue weighted by Gasteiger charge is -1.98. The normalized spacial score (nSPS) is 10.2. The van der Waals surface area contributed by atoms with Crippen molar-refractivity contribution in [3.63, 3.8) is 0 Å². The molecule has 3 heterocycles. The standard InChI is InChI=1S/C11H8N6O/c1-2-8(6-12-3-1)15-11-17-16-10(18-11)9-7-13-4-5-14-9/h1-7H,(H,15,17). The minimum Gasteiger partial charge on any atom is -0.401 e. The van der Waals surface area contributed by atoms with Gasteiger partial charge in [0.15, 0.2) is 0 Å². The Kier molecular flexibility index (Phi) is 2.63. The molecule has 0 saturated carbocycles. The van der Waals surface area contributed by atoms with Gasteiger partial charge in [0.25, 0.3) is 5.89 Å². The predicted molar refractivity (Wildman–Crippen MR) is 62.8 cm³/mol. The van der Waals surface area contributed by atoms with Gasteiger partial charge in [0.2, 0.25) is 0 Å². The summed E-state index contributed by atoms with van der Waals surface area (Å²) in [5, 5.41) is 10.7. The molecular formula is C11H8N6O. The minimum atomic E-state index is 0.281. The predicted octanol–water partition coefficient (Wildman–Crippen LogP) is 1.67. The van der Waals surface area contributed by atoms with Gasteiger partial charge in [-0.15, -0.1) is 5.10 Å². The molecule has 0 saturated heterocycles. The van der Waals surface area contributed by atoms with Crippen LogP contribution in [-0.2, 0) is 0 Å². The van der Waals surface area contributed by atoms with Crippen LogP contribution >= 0.6 is 0 Å². The van der Waals surface area contributed by atoms with Gasteiger partial charge in [0.05, 0.1) is 18.1 Å². The highest BCUT2D eigenvalue weighted by molar-refractivity contribution is 5.52. The van der Waals surface area contributed by atoms with E-state index in [1.54, 1.807) is 31.0 Å². The molecule has 0 unspecified atom stereocenters. The van der Waals surface area contributed by atoms with Crippen molar-refractivity contribution in [1.29, 1.82) is 0 Å². The molecular weight excluding hydrogens is 232 g/mol. The van der Waals surface area contributed by atoms with Crippen LogP contribution in [0.5, 0.6) is 0 Å². The average molecular weight is 240 g/mol. The summed E-state index contributed by atoms with van der Waals surface area (Å²) in [5.41, 5.74) is 1.30. The van der Waals surface area contributed by atoms with Crippen LogP contribution in [0.4, 0.5) is 11.7 Å². The van der Waals surface area contributed by atoms with Crippen molar-refractivity contribution in [2.24, 2.45) is 0 Å². The van der Waals surface area contributed by atoms with Crippen LogP contribution in [0.25, 0.3) is 11.6 Å². The zero-order valence-corrected chi connectivity index (χ0v) is 9.19. The number of hydrogen-bond acceptors (Lipinski definition) is 7. The van der Waals surface area contributed by atoms with E-state index in [2.05, 4.69) is 30.5 Å². The number of aromatic nitrogens is 5. The summed E-state index contributed by atoms with van der Waals surface area (Å²) in [4.78, 5) is 12.0. The van der Waals surface area contributed by atoms with Gasteiger partial charge in [-0.2, -0.15) is 0 Å². The highest BCUT2D eigenvalue weighted by Gasteiger charge is 2.09. The zero-order valence-electron chi connectivity index (χ0n) is 9.19. The lowest BCUT2D eigenvalue weighted by Crippen LogP contribution is -1.90. The Morgan fingerprint density at radius 2 is 1.94 bits per heavy atom. The Morgan fingerprint density at radius 3 is 2.72 bits per heavy atom. The van der Waals surface area contributed by atoms with Crippen LogP contribution in [0.1, 0.15) is 0 Å². The molecule has 0 aliphatic carbocycles. The number of rotatable bonds is 3. The van der Waals surface area contributed by atoms with Crippen LogP contribution in [0.15, 0.2) is 47.5 Å². The largest absolute Gasteiger partial charge is 0.401 e. The van der Waals surface area contributed by atoms with Gasteiger partial charge in [-0.1, -0.05) is 5.10 Å².